The molecular formula is C15H24N2O2. The number of hydrogen-bond donors (Lipinski definition) is 1. The maximum atomic E-state index is 11.9. The number of benzene rings is 1. The van der Waals surface area contributed by atoms with E-state index in [1.54, 1.807) is 31.4 Å². The average molecular weight is 264 g/mol. The van der Waals surface area contributed by atoms with Gasteiger partial charge in [-0.3, -0.25) is 4.79 Å². The van der Waals surface area contributed by atoms with Crippen molar-refractivity contribution in [3.05, 3.63) is 29.8 Å². The first kappa shape index (κ1) is 15.5. The van der Waals surface area contributed by atoms with E-state index < -0.39 is 0 Å². The summed E-state index contributed by atoms with van der Waals surface area (Å²) < 4.78 is 5.06. The van der Waals surface area contributed by atoms with Gasteiger partial charge < -0.3 is 15.0 Å². The van der Waals surface area contributed by atoms with Gasteiger partial charge in [-0.1, -0.05) is 13.8 Å². The van der Waals surface area contributed by atoms with Crippen LogP contribution < -0.4 is 10.1 Å². The molecule has 0 atom stereocenters. The number of rotatable bonds is 8. The molecule has 0 saturated carbocycles. The highest BCUT2D eigenvalue weighted by Crippen LogP contribution is 2.10. The predicted molar refractivity (Wildman–Crippen MR) is 77.7 cm³/mol. The highest BCUT2D eigenvalue weighted by Gasteiger charge is 2.05. The lowest BCUT2D eigenvalue weighted by Crippen LogP contribution is -2.29. The Morgan fingerprint density at radius 3 is 2.37 bits per heavy atom. The van der Waals surface area contributed by atoms with E-state index in [1.807, 2.05) is 0 Å². The van der Waals surface area contributed by atoms with Gasteiger partial charge in [-0.05, 0) is 50.3 Å². The second-order valence-electron chi connectivity index (χ2n) is 4.36. The minimum absolute atomic E-state index is 0.0257. The Labute approximate surface area is 115 Å². The molecule has 0 unspecified atom stereocenters. The van der Waals surface area contributed by atoms with Gasteiger partial charge in [0, 0.05) is 12.1 Å². The maximum Gasteiger partial charge on any atom is 0.251 e. The monoisotopic (exact) mass is 264 g/mol. The molecule has 106 valence electrons. The molecule has 0 aliphatic rings. The minimum atomic E-state index is -0.0257. The third-order valence-electron chi connectivity index (χ3n) is 3.18. The van der Waals surface area contributed by atoms with E-state index in [-0.39, 0.29) is 5.91 Å². The fourth-order valence-corrected chi connectivity index (χ4v) is 1.89. The fourth-order valence-electron chi connectivity index (χ4n) is 1.89. The Morgan fingerprint density at radius 2 is 1.84 bits per heavy atom. The Kier molecular flexibility index (Phi) is 6.97. The third kappa shape index (κ3) is 5.30. The van der Waals surface area contributed by atoms with Crippen molar-refractivity contribution in [3.63, 3.8) is 0 Å². The van der Waals surface area contributed by atoms with Gasteiger partial charge in [0.1, 0.15) is 5.75 Å². The molecule has 0 aliphatic heterocycles. The molecule has 0 aliphatic carbocycles. The molecule has 0 saturated heterocycles. The molecule has 1 aromatic carbocycles. The van der Waals surface area contributed by atoms with Crippen LogP contribution in [0.5, 0.6) is 5.75 Å². The molecule has 0 heterocycles. The van der Waals surface area contributed by atoms with Gasteiger partial charge in [0.05, 0.1) is 7.11 Å². The first-order valence-electron chi connectivity index (χ1n) is 6.85. The zero-order valence-electron chi connectivity index (χ0n) is 12.1. The summed E-state index contributed by atoms with van der Waals surface area (Å²) in [7, 11) is 1.61. The first-order chi connectivity index (χ1) is 9.21. The summed E-state index contributed by atoms with van der Waals surface area (Å²) in [5.74, 6) is 0.736. The Morgan fingerprint density at radius 1 is 1.21 bits per heavy atom. The molecule has 4 nitrogen and oxygen atoms in total. The van der Waals surface area contributed by atoms with E-state index in [4.69, 9.17) is 4.74 Å². The molecule has 0 aromatic heterocycles. The van der Waals surface area contributed by atoms with Gasteiger partial charge in [0.25, 0.3) is 5.91 Å². The quantitative estimate of drug-likeness (QED) is 0.732. The van der Waals surface area contributed by atoms with E-state index in [0.717, 1.165) is 31.8 Å². The summed E-state index contributed by atoms with van der Waals surface area (Å²) in [5, 5.41) is 2.93. The van der Waals surface area contributed by atoms with Crippen LogP contribution in [0.25, 0.3) is 0 Å². The van der Waals surface area contributed by atoms with Gasteiger partial charge in [-0.2, -0.15) is 0 Å². The minimum Gasteiger partial charge on any atom is -0.497 e. The molecule has 1 aromatic rings. The molecule has 1 rings (SSSR count). The van der Waals surface area contributed by atoms with Crippen molar-refractivity contribution in [1.29, 1.82) is 0 Å². The lowest BCUT2D eigenvalue weighted by molar-refractivity contribution is 0.0952. The number of methoxy groups -OCH3 is 1. The molecule has 1 amide bonds. The van der Waals surface area contributed by atoms with E-state index >= 15 is 0 Å². The SMILES string of the molecule is CCN(CC)CCCNC(=O)c1ccc(OC)cc1. The van der Waals surface area contributed by atoms with Crippen LogP contribution in [0.3, 0.4) is 0 Å². The van der Waals surface area contributed by atoms with Crippen molar-refractivity contribution < 1.29 is 9.53 Å². The van der Waals surface area contributed by atoms with Crippen LogP contribution in [0.2, 0.25) is 0 Å². The fraction of sp³-hybridized carbons (Fsp3) is 0.533. The molecule has 19 heavy (non-hydrogen) atoms. The van der Waals surface area contributed by atoms with Crippen LogP contribution in [0.15, 0.2) is 24.3 Å². The highest BCUT2D eigenvalue weighted by atomic mass is 16.5. The summed E-state index contributed by atoms with van der Waals surface area (Å²) in [6.07, 6.45) is 0.976. The van der Waals surface area contributed by atoms with E-state index in [1.165, 1.54) is 0 Å². The molecule has 4 heteroatoms. The number of carbonyl (C=O) groups is 1. The number of ether oxygens (including phenoxy) is 1. The molecule has 0 spiro atoms. The molecule has 1 N–H and O–H groups in total. The third-order valence-corrected chi connectivity index (χ3v) is 3.18. The van der Waals surface area contributed by atoms with Crippen LogP contribution in [-0.2, 0) is 0 Å². The van der Waals surface area contributed by atoms with Crippen molar-refractivity contribution in [3.8, 4) is 5.75 Å². The van der Waals surface area contributed by atoms with Gasteiger partial charge in [-0.15, -0.1) is 0 Å². The Bertz CT molecular complexity index is 372. The van der Waals surface area contributed by atoms with E-state index in [9.17, 15) is 4.79 Å². The van der Waals surface area contributed by atoms with Crippen molar-refractivity contribution in [1.82, 2.24) is 10.2 Å². The second kappa shape index (κ2) is 8.53. The van der Waals surface area contributed by atoms with Crippen molar-refractivity contribution in [2.45, 2.75) is 20.3 Å². The summed E-state index contributed by atoms with van der Waals surface area (Å²) in [6, 6.07) is 7.15. The first-order valence-corrected chi connectivity index (χ1v) is 6.85. The van der Waals surface area contributed by atoms with Crippen LogP contribution in [0, 0.1) is 0 Å². The van der Waals surface area contributed by atoms with E-state index in [0.29, 0.717) is 12.1 Å². The lowest BCUT2D eigenvalue weighted by atomic mass is 10.2. The second-order valence-corrected chi connectivity index (χ2v) is 4.36. The van der Waals surface area contributed by atoms with Crippen LogP contribution >= 0.6 is 0 Å². The van der Waals surface area contributed by atoms with Gasteiger partial charge >= 0.3 is 0 Å². The topological polar surface area (TPSA) is 41.6 Å². The number of carbonyl (C=O) groups excluding carboxylic acids is 1. The van der Waals surface area contributed by atoms with Gasteiger partial charge in [0.15, 0.2) is 0 Å². The van der Waals surface area contributed by atoms with Crippen LogP contribution in [0.4, 0.5) is 0 Å². The van der Waals surface area contributed by atoms with Crippen molar-refractivity contribution in [2.75, 3.05) is 33.3 Å². The molecular weight excluding hydrogens is 240 g/mol. The predicted octanol–water partition coefficient (Wildman–Crippen LogP) is 2.16. The average Bonchev–Trinajstić information content (AvgIpc) is 2.47. The summed E-state index contributed by atoms with van der Waals surface area (Å²) in [5.41, 5.74) is 0.670. The standard InChI is InChI=1S/C15H24N2O2/c1-4-17(5-2)12-6-11-16-15(18)13-7-9-14(19-3)10-8-13/h7-10H,4-6,11-12H2,1-3H3,(H,16,18). The number of nitrogens with zero attached hydrogens (tertiary/aromatic N) is 1. The zero-order valence-corrected chi connectivity index (χ0v) is 12.1. The summed E-state index contributed by atoms with van der Waals surface area (Å²) >= 11 is 0. The van der Waals surface area contributed by atoms with Crippen LogP contribution in [0.1, 0.15) is 30.6 Å². The Balaban J connectivity index is 2.30. The number of hydrogen-bond acceptors (Lipinski definition) is 3. The highest BCUT2D eigenvalue weighted by molar-refractivity contribution is 5.94. The maximum absolute atomic E-state index is 11.9. The van der Waals surface area contributed by atoms with Gasteiger partial charge in [0.2, 0.25) is 0 Å². The smallest absolute Gasteiger partial charge is 0.251 e. The van der Waals surface area contributed by atoms with Gasteiger partial charge in [-0.25, -0.2) is 0 Å². The van der Waals surface area contributed by atoms with Crippen molar-refractivity contribution in [2.24, 2.45) is 0 Å². The van der Waals surface area contributed by atoms with Crippen molar-refractivity contribution >= 4 is 5.91 Å². The lowest BCUT2D eigenvalue weighted by Gasteiger charge is -2.17. The molecule has 0 bridgehead atoms. The Hall–Kier alpha value is -1.55. The van der Waals surface area contributed by atoms with E-state index in [2.05, 4.69) is 24.1 Å². The number of amides is 1. The normalized spacial score (nSPS) is 10.5. The summed E-state index contributed by atoms with van der Waals surface area (Å²) in [6.45, 7) is 8.15. The summed E-state index contributed by atoms with van der Waals surface area (Å²) in [4.78, 5) is 14.2. The largest absolute Gasteiger partial charge is 0.497 e. The molecule has 0 fully saturated rings. The van der Waals surface area contributed by atoms with Crippen LogP contribution in [-0.4, -0.2) is 44.1 Å². The molecule has 0 radical (unpaired) electrons. The number of nitrogens with one attached hydrogen (secondary N) is 1. The zero-order chi connectivity index (χ0) is 14.1.